The van der Waals surface area contributed by atoms with E-state index in [-0.39, 0.29) is 18.6 Å². The van der Waals surface area contributed by atoms with Gasteiger partial charge in [-0.25, -0.2) is 0 Å². The second kappa shape index (κ2) is 6.06. The maximum absolute atomic E-state index is 12.1. The van der Waals surface area contributed by atoms with E-state index in [9.17, 15) is 4.79 Å². The van der Waals surface area contributed by atoms with Crippen molar-refractivity contribution >= 4 is 5.91 Å². The smallest absolute Gasteiger partial charge is 0.260 e. The zero-order valence-corrected chi connectivity index (χ0v) is 11.9. The highest BCUT2D eigenvalue weighted by atomic mass is 16.5. The molecule has 0 spiro atoms. The van der Waals surface area contributed by atoms with Gasteiger partial charge in [-0.3, -0.25) is 4.79 Å². The van der Waals surface area contributed by atoms with Gasteiger partial charge in [0, 0.05) is 25.7 Å². The summed E-state index contributed by atoms with van der Waals surface area (Å²) in [6.07, 6.45) is 0. The first-order valence-corrected chi connectivity index (χ1v) is 6.78. The van der Waals surface area contributed by atoms with E-state index in [1.54, 1.807) is 0 Å². The molecule has 2 rings (SSSR count). The molecule has 1 N–H and O–H groups in total. The van der Waals surface area contributed by atoms with Crippen LogP contribution in [0.4, 0.5) is 0 Å². The lowest BCUT2D eigenvalue weighted by molar-refractivity contribution is -0.136. The first-order valence-electron chi connectivity index (χ1n) is 6.78. The van der Waals surface area contributed by atoms with Crippen molar-refractivity contribution in [2.24, 2.45) is 0 Å². The summed E-state index contributed by atoms with van der Waals surface area (Å²) in [6, 6.07) is 6.23. The summed E-state index contributed by atoms with van der Waals surface area (Å²) in [4.78, 5) is 14.0. The molecule has 0 aliphatic carbocycles. The SMILES string of the molecule is Cc1ccc(OCC(=O)N2CCNC[C@H]2C)c(C)c1. The van der Waals surface area contributed by atoms with Crippen molar-refractivity contribution < 1.29 is 9.53 Å². The van der Waals surface area contributed by atoms with Crippen LogP contribution < -0.4 is 10.1 Å². The van der Waals surface area contributed by atoms with Crippen LogP contribution in [0.5, 0.6) is 5.75 Å². The third-order valence-electron chi connectivity index (χ3n) is 3.50. The Morgan fingerprint density at radius 1 is 1.47 bits per heavy atom. The number of hydrogen-bond acceptors (Lipinski definition) is 3. The van der Waals surface area contributed by atoms with Gasteiger partial charge >= 0.3 is 0 Å². The van der Waals surface area contributed by atoms with Crippen molar-refractivity contribution in [1.29, 1.82) is 0 Å². The number of rotatable bonds is 3. The summed E-state index contributed by atoms with van der Waals surface area (Å²) in [5.41, 5.74) is 2.27. The molecule has 1 atom stereocenters. The number of aryl methyl sites for hydroxylation is 2. The monoisotopic (exact) mass is 262 g/mol. The fraction of sp³-hybridized carbons (Fsp3) is 0.533. The Hall–Kier alpha value is -1.55. The zero-order valence-electron chi connectivity index (χ0n) is 11.9. The van der Waals surface area contributed by atoms with Gasteiger partial charge in [0.15, 0.2) is 6.61 Å². The third-order valence-corrected chi connectivity index (χ3v) is 3.50. The van der Waals surface area contributed by atoms with Crippen molar-refractivity contribution in [2.45, 2.75) is 26.8 Å². The summed E-state index contributed by atoms with van der Waals surface area (Å²) in [7, 11) is 0. The number of ether oxygens (including phenoxy) is 1. The molecule has 1 fully saturated rings. The Kier molecular flexibility index (Phi) is 4.43. The summed E-state index contributed by atoms with van der Waals surface area (Å²) >= 11 is 0. The number of carbonyl (C=O) groups is 1. The number of carbonyl (C=O) groups excluding carboxylic acids is 1. The fourth-order valence-corrected chi connectivity index (χ4v) is 2.40. The third kappa shape index (κ3) is 3.47. The maximum Gasteiger partial charge on any atom is 0.260 e. The van der Waals surface area contributed by atoms with E-state index < -0.39 is 0 Å². The average molecular weight is 262 g/mol. The Morgan fingerprint density at radius 3 is 2.95 bits per heavy atom. The van der Waals surface area contributed by atoms with E-state index >= 15 is 0 Å². The average Bonchev–Trinajstić information content (AvgIpc) is 2.38. The molecule has 0 radical (unpaired) electrons. The molecule has 1 amide bonds. The molecule has 104 valence electrons. The highest BCUT2D eigenvalue weighted by Crippen LogP contribution is 2.18. The molecule has 1 aromatic carbocycles. The minimum Gasteiger partial charge on any atom is -0.484 e. The van der Waals surface area contributed by atoms with Crippen LogP contribution in [0.25, 0.3) is 0 Å². The molecule has 1 saturated heterocycles. The lowest BCUT2D eigenvalue weighted by atomic mass is 10.1. The fourth-order valence-electron chi connectivity index (χ4n) is 2.40. The van der Waals surface area contributed by atoms with E-state index in [0.29, 0.717) is 0 Å². The second-order valence-electron chi connectivity index (χ2n) is 5.20. The van der Waals surface area contributed by atoms with Crippen molar-refractivity contribution in [3.05, 3.63) is 29.3 Å². The lowest BCUT2D eigenvalue weighted by Crippen LogP contribution is -2.53. The molecule has 1 aliphatic rings. The van der Waals surface area contributed by atoms with Gasteiger partial charge in [-0.1, -0.05) is 17.7 Å². The quantitative estimate of drug-likeness (QED) is 0.897. The molecule has 4 heteroatoms. The first-order chi connectivity index (χ1) is 9.08. The molecule has 0 bridgehead atoms. The van der Waals surface area contributed by atoms with Gasteiger partial charge in [0.1, 0.15) is 5.75 Å². The van der Waals surface area contributed by atoms with Gasteiger partial charge in [0.05, 0.1) is 0 Å². The van der Waals surface area contributed by atoms with Crippen LogP contribution in [0.1, 0.15) is 18.1 Å². The molecule has 1 heterocycles. The lowest BCUT2D eigenvalue weighted by Gasteiger charge is -2.33. The maximum atomic E-state index is 12.1. The molecule has 1 aromatic rings. The highest BCUT2D eigenvalue weighted by Gasteiger charge is 2.23. The van der Waals surface area contributed by atoms with Crippen LogP contribution >= 0.6 is 0 Å². The molecule has 0 unspecified atom stereocenters. The van der Waals surface area contributed by atoms with E-state index in [2.05, 4.69) is 18.3 Å². The van der Waals surface area contributed by atoms with Crippen molar-refractivity contribution in [3.8, 4) is 5.75 Å². The molecule has 4 nitrogen and oxygen atoms in total. The van der Waals surface area contributed by atoms with E-state index in [1.165, 1.54) is 5.56 Å². The van der Waals surface area contributed by atoms with Crippen LogP contribution in [0.3, 0.4) is 0 Å². The minimum absolute atomic E-state index is 0.0639. The molecule has 0 saturated carbocycles. The molecular formula is C15H22N2O2. The van der Waals surface area contributed by atoms with Crippen LogP contribution in [0.2, 0.25) is 0 Å². The number of benzene rings is 1. The molecule has 1 aliphatic heterocycles. The van der Waals surface area contributed by atoms with E-state index in [0.717, 1.165) is 30.9 Å². The number of nitrogens with one attached hydrogen (secondary N) is 1. The summed E-state index contributed by atoms with van der Waals surface area (Å²) in [5.74, 6) is 0.857. The predicted molar refractivity (Wildman–Crippen MR) is 75.5 cm³/mol. The van der Waals surface area contributed by atoms with Crippen molar-refractivity contribution in [3.63, 3.8) is 0 Å². The zero-order chi connectivity index (χ0) is 13.8. The van der Waals surface area contributed by atoms with Crippen LogP contribution in [-0.4, -0.2) is 43.1 Å². The minimum atomic E-state index is 0.0639. The van der Waals surface area contributed by atoms with Gasteiger partial charge < -0.3 is 15.0 Å². The molecular weight excluding hydrogens is 240 g/mol. The Balaban J connectivity index is 1.92. The number of amides is 1. The largest absolute Gasteiger partial charge is 0.484 e. The van der Waals surface area contributed by atoms with Crippen LogP contribution in [-0.2, 0) is 4.79 Å². The Labute approximate surface area is 114 Å². The van der Waals surface area contributed by atoms with Crippen LogP contribution in [0, 0.1) is 13.8 Å². The number of nitrogens with zero attached hydrogens (tertiary/aromatic N) is 1. The van der Waals surface area contributed by atoms with Gasteiger partial charge in [0.25, 0.3) is 5.91 Å². The van der Waals surface area contributed by atoms with E-state index in [1.807, 2.05) is 30.9 Å². The van der Waals surface area contributed by atoms with Crippen molar-refractivity contribution in [2.75, 3.05) is 26.2 Å². The summed E-state index contributed by atoms with van der Waals surface area (Å²) < 4.78 is 5.64. The Morgan fingerprint density at radius 2 is 2.26 bits per heavy atom. The van der Waals surface area contributed by atoms with Crippen molar-refractivity contribution in [1.82, 2.24) is 10.2 Å². The van der Waals surface area contributed by atoms with Gasteiger partial charge in [-0.2, -0.15) is 0 Å². The van der Waals surface area contributed by atoms with Gasteiger partial charge in [-0.05, 0) is 32.4 Å². The van der Waals surface area contributed by atoms with Gasteiger partial charge in [-0.15, -0.1) is 0 Å². The Bertz CT molecular complexity index is 459. The van der Waals surface area contributed by atoms with E-state index in [4.69, 9.17) is 4.74 Å². The number of piperazine rings is 1. The predicted octanol–water partition coefficient (Wildman–Crippen LogP) is 1.50. The van der Waals surface area contributed by atoms with Crippen LogP contribution in [0.15, 0.2) is 18.2 Å². The second-order valence-corrected chi connectivity index (χ2v) is 5.20. The van der Waals surface area contributed by atoms with Gasteiger partial charge in [0.2, 0.25) is 0 Å². The topological polar surface area (TPSA) is 41.6 Å². The first kappa shape index (κ1) is 13.9. The molecule has 19 heavy (non-hydrogen) atoms. The molecule has 0 aromatic heterocycles. The highest BCUT2D eigenvalue weighted by molar-refractivity contribution is 5.78. The standard InChI is InChI=1S/C15H22N2O2/c1-11-4-5-14(12(2)8-11)19-10-15(18)17-7-6-16-9-13(17)3/h4-5,8,13,16H,6-7,9-10H2,1-3H3/t13-/m1/s1. The summed E-state index contributed by atoms with van der Waals surface area (Å²) in [5, 5.41) is 3.27. The summed E-state index contributed by atoms with van der Waals surface area (Å²) in [6.45, 7) is 8.70. The normalized spacial score (nSPS) is 19.3. The number of hydrogen-bond donors (Lipinski definition) is 1.